The normalized spacial score (nSPS) is 23.8. The fourth-order valence-corrected chi connectivity index (χ4v) is 6.55. The lowest BCUT2D eigenvalue weighted by Crippen LogP contribution is -2.25. The van der Waals surface area contributed by atoms with E-state index in [1.54, 1.807) is 36.4 Å². The monoisotopic (exact) mass is 520 g/mol. The Morgan fingerprint density at radius 1 is 0.632 bits per heavy atom. The van der Waals surface area contributed by atoms with Gasteiger partial charge >= 0.3 is 0 Å². The molecular formula is C32H33BF4O. The minimum atomic E-state index is -1.12. The predicted octanol–water partition coefficient (Wildman–Crippen LogP) is 9.18. The summed E-state index contributed by atoms with van der Waals surface area (Å²) in [6, 6.07) is 12.4. The minimum absolute atomic E-state index is 0.0405. The summed E-state index contributed by atoms with van der Waals surface area (Å²) in [4.78, 5) is 0. The second-order valence-corrected chi connectivity index (χ2v) is 11.1. The van der Waals surface area contributed by atoms with E-state index in [0.29, 0.717) is 22.6 Å². The Labute approximate surface area is 224 Å². The van der Waals surface area contributed by atoms with Crippen molar-refractivity contribution in [1.82, 2.24) is 0 Å². The smallest absolute Gasteiger partial charge is 0.201 e. The van der Waals surface area contributed by atoms with E-state index in [0.717, 1.165) is 37.5 Å². The van der Waals surface area contributed by atoms with Crippen LogP contribution in [0.3, 0.4) is 0 Å². The maximum atomic E-state index is 15.3. The zero-order chi connectivity index (χ0) is 26.8. The maximum Gasteiger partial charge on any atom is 0.201 e. The van der Waals surface area contributed by atoms with Gasteiger partial charge < -0.3 is 4.74 Å². The van der Waals surface area contributed by atoms with Crippen LogP contribution in [0.15, 0.2) is 48.5 Å². The lowest BCUT2D eigenvalue weighted by molar-refractivity contribution is 0.164. The zero-order valence-corrected chi connectivity index (χ0v) is 21.8. The van der Waals surface area contributed by atoms with Crippen LogP contribution in [0.1, 0.15) is 69.8 Å². The summed E-state index contributed by atoms with van der Waals surface area (Å²) >= 11 is 0. The SMILES string of the molecule is [B]COc1ccc(-c2ccc(-c3ccc(C4CCC(C5CCC(C)CC5)CC4)c(F)c3F)cc2)c(F)c1F. The first-order valence-corrected chi connectivity index (χ1v) is 13.8. The van der Waals surface area contributed by atoms with Gasteiger partial charge in [0.2, 0.25) is 5.82 Å². The second-order valence-electron chi connectivity index (χ2n) is 11.1. The highest BCUT2D eigenvalue weighted by atomic mass is 19.2. The molecule has 5 rings (SSSR count). The molecule has 2 radical (unpaired) electrons. The lowest BCUT2D eigenvalue weighted by atomic mass is 9.68. The largest absolute Gasteiger partial charge is 0.500 e. The molecule has 0 amide bonds. The molecule has 1 nitrogen and oxygen atoms in total. The molecule has 0 saturated heterocycles. The second kappa shape index (κ2) is 11.5. The van der Waals surface area contributed by atoms with Gasteiger partial charge in [0.1, 0.15) is 7.85 Å². The first kappa shape index (κ1) is 26.8. The number of ether oxygens (including phenoxy) is 1. The fraction of sp³-hybridized carbons (Fsp3) is 0.438. The molecule has 0 aliphatic heterocycles. The van der Waals surface area contributed by atoms with E-state index in [2.05, 4.69) is 6.92 Å². The highest BCUT2D eigenvalue weighted by molar-refractivity contribution is 6.08. The predicted molar refractivity (Wildman–Crippen MR) is 144 cm³/mol. The molecular weight excluding hydrogens is 487 g/mol. The third kappa shape index (κ3) is 5.37. The average Bonchev–Trinajstić information content (AvgIpc) is 2.94. The molecule has 2 fully saturated rings. The van der Waals surface area contributed by atoms with E-state index >= 15 is 8.78 Å². The van der Waals surface area contributed by atoms with Gasteiger partial charge in [0, 0.05) is 17.6 Å². The van der Waals surface area contributed by atoms with Gasteiger partial charge in [0.15, 0.2) is 23.2 Å². The van der Waals surface area contributed by atoms with Gasteiger partial charge in [-0.2, -0.15) is 4.39 Å². The Kier molecular flexibility index (Phi) is 8.16. The quantitative estimate of drug-likeness (QED) is 0.233. The number of benzene rings is 3. The van der Waals surface area contributed by atoms with Crippen molar-refractivity contribution < 1.29 is 22.3 Å². The Morgan fingerprint density at radius 2 is 1.13 bits per heavy atom. The molecule has 2 saturated carbocycles. The van der Waals surface area contributed by atoms with Crippen molar-refractivity contribution in [2.24, 2.45) is 17.8 Å². The van der Waals surface area contributed by atoms with Crippen LogP contribution < -0.4 is 4.74 Å². The van der Waals surface area contributed by atoms with Crippen LogP contribution in [0.4, 0.5) is 17.6 Å². The van der Waals surface area contributed by atoms with Crippen LogP contribution in [0.2, 0.25) is 0 Å². The summed E-state index contributed by atoms with van der Waals surface area (Å²) in [6.45, 7) is 2.06. The fourth-order valence-electron chi connectivity index (χ4n) is 6.55. The van der Waals surface area contributed by atoms with Crippen LogP contribution in [-0.2, 0) is 0 Å². The van der Waals surface area contributed by atoms with Crippen molar-refractivity contribution in [1.29, 1.82) is 0 Å². The van der Waals surface area contributed by atoms with Gasteiger partial charge in [-0.15, -0.1) is 0 Å². The molecule has 198 valence electrons. The van der Waals surface area contributed by atoms with Gasteiger partial charge in [0.25, 0.3) is 0 Å². The van der Waals surface area contributed by atoms with E-state index in [1.165, 1.54) is 37.8 Å². The third-order valence-electron chi connectivity index (χ3n) is 8.84. The lowest BCUT2D eigenvalue weighted by Gasteiger charge is -2.37. The first-order valence-electron chi connectivity index (χ1n) is 13.8. The van der Waals surface area contributed by atoms with Crippen molar-refractivity contribution in [2.75, 3.05) is 6.51 Å². The van der Waals surface area contributed by atoms with E-state index in [4.69, 9.17) is 12.6 Å². The maximum absolute atomic E-state index is 15.3. The van der Waals surface area contributed by atoms with E-state index in [9.17, 15) is 8.78 Å². The zero-order valence-electron chi connectivity index (χ0n) is 21.8. The molecule has 0 aromatic heterocycles. The molecule has 2 aliphatic carbocycles. The number of halogens is 4. The topological polar surface area (TPSA) is 9.23 Å². The third-order valence-corrected chi connectivity index (χ3v) is 8.84. The average molecular weight is 520 g/mol. The first-order chi connectivity index (χ1) is 18.4. The van der Waals surface area contributed by atoms with E-state index < -0.39 is 23.3 Å². The Bertz CT molecular complexity index is 1260. The highest BCUT2D eigenvalue weighted by Crippen LogP contribution is 2.45. The Balaban J connectivity index is 1.29. The standard InChI is InChI=1S/C32H33BF4O/c1-19-2-4-20(5-3-19)21-6-8-22(9-7-21)25-14-15-26(30(35)29(25)34)23-10-12-24(13-11-23)27-16-17-28(38-18-33)32(37)31(27)36/h10-17,19-22H,2-9,18H2,1H3. The molecule has 3 aromatic rings. The molecule has 0 spiro atoms. The molecule has 0 N–H and O–H groups in total. The van der Waals surface area contributed by atoms with Crippen molar-refractivity contribution in [2.45, 2.75) is 64.2 Å². The van der Waals surface area contributed by atoms with Crippen LogP contribution in [0, 0.1) is 41.0 Å². The van der Waals surface area contributed by atoms with Crippen molar-refractivity contribution in [3.8, 4) is 28.0 Å². The molecule has 6 heteroatoms. The van der Waals surface area contributed by atoms with Crippen LogP contribution in [0.25, 0.3) is 22.3 Å². The van der Waals surface area contributed by atoms with E-state index in [1.807, 2.05) is 0 Å². The molecule has 0 unspecified atom stereocenters. The molecule has 0 atom stereocenters. The number of hydrogen-bond donors (Lipinski definition) is 0. The van der Waals surface area contributed by atoms with Crippen LogP contribution >= 0.6 is 0 Å². The van der Waals surface area contributed by atoms with Crippen molar-refractivity contribution >= 4 is 7.85 Å². The van der Waals surface area contributed by atoms with Gasteiger partial charge in [-0.25, -0.2) is 13.2 Å². The highest BCUT2D eigenvalue weighted by Gasteiger charge is 2.32. The minimum Gasteiger partial charge on any atom is -0.500 e. The summed E-state index contributed by atoms with van der Waals surface area (Å²) in [6.07, 6.45) is 9.22. The summed E-state index contributed by atoms with van der Waals surface area (Å²) < 4.78 is 64.2. The number of hydrogen-bond acceptors (Lipinski definition) is 1. The van der Waals surface area contributed by atoms with Gasteiger partial charge in [-0.1, -0.05) is 56.2 Å². The Morgan fingerprint density at radius 3 is 1.68 bits per heavy atom. The van der Waals surface area contributed by atoms with Gasteiger partial charge in [0.05, 0.1) is 0 Å². The summed E-state index contributed by atoms with van der Waals surface area (Å²) in [7, 11) is 5.24. The number of rotatable bonds is 6. The van der Waals surface area contributed by atoms with Crippen molar-refractivity contribution in [3.05, 3.63) is 77.4 Å². The van der Waals surface area contributed by atoms with E-state index in [-0.39, 0.29) is 29.3 Å². The molecule has 2 aliphatic rings. The summed E-state index contributed by atoms with van der Waals surface area (Å²) in [5, 5.41) is 0. The van der Waals surface area contributed by atoms with Gasteiger partial charge in [-0.3, -0.25) is 0 Å². The Hall–Kier alpha value is -2.76. The summed E-state index contributed by atoms with van der Waals surface area (Å²) in [5.74, 6) is -1.69. The molecule has 38 heavy (non-hydrogen) atoms. The van der Waals surface area contributed by atoms with Crippen molar-refractivity contribution in [3.63, 3.8) is 0 Å². The molecule has 0 heterocycles. The van der Waals surface area contributed by atoms with Crippen LogP contribution in [0.5, 0.6) is 5.75 Å². The summed E-state index contributed by atoms with van der Waals surface area (Å²) in [5.41, 5.74) is 1.54. The van der Waals surface area contributed by atoms with Crippen LogP contribution in [-0.4, -0.2) is 14.4 Å². The molecule has 3 aromatic carbocycles. The van der Waals surface area contributed by atoms with Gasteiger partial charge in [-0.05, 0) is 91.0 Å². The molecule has 0 bridgehead atoms.